The van der Waals surface area contributed by atoms with Crippen molar-refractivity contribution in [1.29, 1.82) is 0 Å². The topological polar surface area (TPSA) is 38.3 Å². The zero-order valence-electron chi connectivity index (χ0n) is 8.99. The van der Waals surface area contributed by atoms with Gasteiger partial charge in [0.1, 0.15) is 6.04 Å². The van der Waals surface area contributed by atoms with Gasteiger partial charge in [-0.15, -0.1) is 6.42 Å². The molecule has 0 aromatic carbocycles. The molecule has 2 atom stereocenters. The molecule has 1 aliphatic rings. The van der Waals surface area contributed by atoms with E-state index < -0.39 is 0 Å². The fourth-order valence-corrected chi connectivity index (χ4v) is 2.96. The quantitative estimate of drug-likeness (QED) is 0.559. The zero-order chi connectivity index (χ0) is 11.1. The van der Waals surface area contributed by atoms with Crippen molar-refractivity contribution in [3.63, 3.8) is 0 Å². The number of terminal acetylenes is 1. The van der Waals surface area contributed by atoms with Gasteiger partial charge >= 0.3 is 5.97 Å². The summed E-state index contributed by atoms with van der Waals surface area (Å²) in [7, 11) is 0. The first kappa shape index (κ1) is 12.4. The van der Waals surface area contributed by atoms with Gasteiger partial charge in [0.05, 0.1) is 13.2 Å². The van der Waals surface area contributed by atoms with E-state index in [1.165, 1.54) is 0 Å². The molecule has 15 heavy (non-hydrogen) atoms. The molecule has 3 nitrogen and oxygen atoms in total. The van der Waals surface area contributed by atoms with Crippen LogP contribution < -0.4 is 5.32 Å². The fraction of sp³-hybridized carbons (Fsp3) is 0.727. The number of esters is 1. The van der Waals surface area contributed by atoms with Gasteiger partial charge in [-0.25, -0.2) is 0 Å². The third kappa shape index (κ3) is 3.77. The largest absolute Gasteiger partial charge is 0.465 e. The lowest BCUT2D eigenvalue weighted by Crippen LogP contribution is -2.44. The van der Waals surface area contributed by atoms with Crippen LogP contribution in [0.4, 0.5) is 0 Å². The summed E-state index contributed by atoms with van der Waals surface area (Å²) in [6, 6.07) is -0.226. The normalized spacial score (nSPS) is 22.0. The standard InChI is InChI=1S/C11H17NO2S/c1-3-6-12-10(11(13)14-4-2)9-5-7-15-8-9/h1,9-10,12H,4-8H2,2H3. The number of carbonyl (C=O) groups excluding carboxylic acids is 1. The first-order valence-corrected chi connectivity index (χ1v) is 6.36. The van der Waals surface area contributed by atoms with Crippen LogP contribution in [0.15, 0.2) is 0 Å². The Bertz CT molecular complexity index is 243. The number of thioether (sulfide) groups is 1. The molecule has 0 bridgehead atoms. The van der Waals surface area contributed by atoms with E-state index in [1.807, 2.05) is 18.7 Å². The van der Waals surface area contributed by atoms with Crippen LogP contribution >= 0.6 is 11.8 Å². The van der Waals surface area contributed by atoms with E-state index in [0.29, 0.717) is 19.1 Å². The second-order valence-electron chi connectivity index (χ2n) is 3.44. The van der Waals surface area contributed by atoms with Crippen LogP contribution in [0.25, 0.3) is 0 Å². The molecule has 1 aliphatic heterocycles. The van der Waals surface area contributed by atoms with Crippen molar-refractivity contribution in [1.82, 2.24) is 5.32 Å². The predicted octanol–water partition coefficient (Wildman–Crippen LogP) is 0.894. The van der Waals surface area contributed by atoms with Crippen molar-refractivity contribution in [3.05, 3.63) is 0 Å². The molecule has 1 heterocycles. The number of carbonyl (C=O) groups is 1. The van der Waals surface area contributed by atoms with Crippen molar-refractivity contribution < 1.29 is 9.53 Å². The summed E-state index contributed by atoms with van der Waals surface area (Å²) in [4.78, 5) is 11.7. The van der Waals surface area contributed by atoms with E-state index in [1.54, 1.807) is 0 Å². The van der Waals surface area contributed by atoms with Crippen LogP contribution in [0.1, 0.15) is 13.3 Å². The van der Waals surface area contributed by atoms with Crippen LogP contribution in [0.2, 0.25) is 0 Å². The monoisotopic (exact) mass is 227 g/mol. The molecule has 2 unspecified atom stereocenters. The Balaban J connectivity index is 2.51. The first-order valence-electron chi connectivity index (χ1n) is 5.20. The number of nitrogens with one attached hydrogen (secondary N) is 1. The van der Waals surface area contributed by atoms with E-state index in [0.717, 1.165) is 17.9 Å². The third-order valence-corrected chi connectivity index (χ3v) is 3.59. The molecular formula is C11H17NO2S. The Kier molecular flexibility index (Phi) is 5.59. The van der Waals surface area contributed by atoms with E-state index in [4.69, 9.17) is 11.2 Å². The van der Waals surface area contributed by atoms with Gasteiger partial charge in [-0.3, -0.25) is 10.1 Å². The van der Waals surface area contributed by atoms with Gasteiger partial charge in [0.2, 0.25) is 0 Å². The van der Waals surface area contributed by atoms with Crippen LogP contribution in [0, 0.1) is 18.3 Å². The summed E-state index contributed by atoms with van der Waals surface area (Å²) < 4.78 is 5.03. The highest BCUT2D eigenvalue weighted by Crippen LogP contribution is 2.26. The first-order chi connectivity index (χ1) is 7.29. The lowest BCUT2D eigenvalue weighted by Gasteiger charge is -2.21. The number of hydrogen-bond acceptors (Lipinski definition) is 4. The van der Waals surface area contributed by atoms with Crippen molar-refractivity contribution >= 4 is 17.7 Å². The Morgan fingerprint density at radius 1 is 1.80 bits per heavy atom. The molecule has 0 radical (unpaired) electrons. The minimum absolute atomic E-state index is 0.166. The maximum Gasteiger partial charge on any atom is 0.323 e. The predicted molar refractivity (Wildman–Crippen MR) is 62.7 cm³/mol. The van der Waals surface area contributed by atoms with Crippen molar-refractivity contribution in [3.8, 4) is 12.3 Å². The fourth-order valence-electron chi connectivity index (χ4n) is 1.66. The molecule has 1 saturated heterocycles. The summed E-state index contributed by atoms with van der Waals surface area (Å²) in [5, 5.41) is 3.07. The van der Waals surface area contributed by atoms with Crippen LogP contribution in [-0.2, 0) is 9.53 Å². The SMILES string of the molecule is C#CCNC(C(=O)OCC)C1CCSC1. The number of rotatable bonds is 5. The Morgan fingerprint density at radius 2 is 2.60 bits per heavy atom. The second kappa shape index (κ2) is 6.76. The molecule has 0 aromatic heterocycles. The van der Waals surface area contributed by atoms with Crippen molar-refractivity contribution in [2.24, 2.45) is 5.92 Å². The summed E-state index contributed by atoms with van der Waals surface area (Å²) in [6.45, 7) is 2.66. The van der Waals surface area contributed by atoms with Gasteiger partial charge in [0.25, 0.3) is 0 Å². The summed E-state index contributed by atoms with van der Waals surface area (Å²) in [5.74, 6) is 4.83. The molecule has 4 heteroatoms. The van der Waals surface area contributed by atoms with Gasteiger partial charge in [-0.05, 0) is 30.8 Å². The van der Waals surface area contributed by atoms with E-state index >= 15 is 0 Å². The van der Waals surface area contributed by atoms with Crippen molar-refractivity contribution in [2.75, 3.05) is 24.7 Å². The van der Waals surface area contributed by atoms with Crippen LogP contribution in [0.3, 0.4) is 0 Å². The van der Waals surface area contributed by atoms with E-state index in [-0.39, 0.29) is 12.0 Å². The Labute approximate surface area is 95.3 Å². The van der Waals surface area contributed by atoms with Crippen LogP contribution in [0.5, 0.6) is 0 Å². The van der Waals surface area contributed by atoms with Crippen LogP contribution in [-0.4, -0.2) is 36.7 Å². The Hall–Kier alpha value is -0.660. The highest BCUT2D eigenvalue weighted by atomic mass is 32.2. The van der Waals surface area contributed by atoms with Gasteiger partial charge < -0.3 is 4.74 Å². The van der Waals surface area contributed by atoms with Gasteiger partial charge in [-0.2, -0.15) is 11.8 Å². The third-order valence-electron chi connectivity index (χ3n) is 2.40. The number of hydrogen-bond donors (Lipinski definition) is 1. The molecule has 0 saturated carbocycles. The lowest BCUT2D eigenvalue weighted by molar-refractivity contribution is -0.146. The molecule has 0 aliphatic carbocycles. The number of ether oxygens (including phenoxy) is 1. The highest BCUT2D eigenvalue weighted by molar-refractivity contribution is 7.99. The van der Waals surface area contributed by atoms with E-state index in [9.17, 15) is 4.79 Å². The second-order valence-corrected chi connectivity index (χ2v) is 4.59. The molecule has 0 spiro atoms. The minimum atomic E-state index is -0.226. The maximum absolute atomic E-state index is 11.7. The smallest absolute Gasteiger partial charge is 0.323 e. The molecule has 0 aromatic rings. The maximum atomic E-state index is 11.7. The molecule has 1 fully saturated rings. The van der Waals surface area contributed by atoms with Gasteiger partial charge in [0.15, 0.2) is 0 Å². The molecule has 1 rings (SSSR count). The van der Waals surface area contributed by atoms with Gasteiger partial charge in [-0.1, -0.05) is 5.92 Å². The zero-order valence-corrected chi connectivity index (χ0v) is 9.81. The summed E-state index contributed by atoms with van der Waals surface area (Å²) >= 11 is 1.88. The van der Waals surface area contributed by atoms with Crippen molar-refractivity contribution in [2.45, 2.75) is 19.4 Å². The Morgan fingerprint density at radius 3 is 3.13 bits per heavy atom. The molecule has 0 amide bonds. The van der Waals surface area contributed by atoms with E-state index in [2.05, 4.69) is 11.2 Å². The highest BCUT2D eigenvalue weighted by Gasteiger charge is 2.31. The molecule has 1 N–H and O–H groups in total. The lowest BCUT2D eigenvalue weighted by atomic mass is 9.99. The minimum Gasteiger partial charge on any atom is -0.465 e. The summed E-state index contributed by atoms with van der Waals surface area (Å²) in [6.07, 6.45) is 6.24. The molecule has 84 valence electrons. The summed E-state index contributed by atoms with van der Waals surface area (Å²) in [5.41, 5.74) is 0. The van der Waals surface area contributed by atoms with Gasteiger partial charge in [0, 0.05) is 0 Å². The average Bonchev–Trinajstić information content (AvgIpc) is 2.72. The average molecular weight is 227 g/mol. The molecular weight excluding hydrogens is 210 g/mol.